The highest BCUT2D eigenvalue weighted by molar-refractivity contribution is 9.10. The van der Waals surface area contributed by atoms with Crippen LogP contribution in [0.25, 0.3) is 11.0 Å². The zero-order valence-corrected chi connectivity index (χ0v) is 18.6. The summed E-state index contributed by atoms with van der Waals surface area (Å²) < 4.78 is 30.9. The van der Waals surface area contributed by atoms with Crippen LogP contribution in [0.3, 0.4) is 0 Å². The highest BCUT2D eigenvalue weighted by Crippen LogP contribution is 2.41. The first-order valence-corrected chi connectivity index (χ1v) is 12.3. The van der Waals surface area contributed by atoms with Gasteiger partial charge in [-0.15, -0.1) is 0 Å². The molecule has 0 radical (unpaired) electrons. The Labute approximate surface area is 185 Å². The Bertz CT molecular complexity index is 1370. The van der Waals surface area contributed by atoms with Crippen molar-refractivity contribution in [1.82, 2.24) is 4.90 Å². The topological polar surface area (TPSA) is 84.7 Å². The molecule has 1 amide bonds. The minimum absolute atomic E-state index is 0.0177. The molecular weight excluding hydrogens is 494 g/mol. The Balaban J connectivity index is 1.77. The highest BCUT2D eigenvalue weighted by atomic mass is 79.9. The van der Waals surface area contributed by atoms with Crippen LogP contribution in [0.5, 0.6) is 0 Å². The zero-order chi connectivity index (χ0) is 21.2. The molecule has 0 aliphatic carbocycles. The molecule has 0 spiro atoms. The number of benzene rings is 2. The maximum absolute atomic E-state index is 13.4. The van der Waals surface area contributed by atoms with Gasteiger partial charge >= 0.3 is 0 Å². The smallest absolute Gasteiger partial charge is 0.291 e. The highest BCUT2D eigenvalue weighted by Gasteiger charge is 2.48. The van der Waals surface area contributed by atoms with Crippen molar-refractivity contribution in [3.8, 4) is 0 Å². The molecule has 6 nitrogen and oxygen atoms in total. The third-order valence-corrected chi connectivity index (χ3v) is 8.17. The van der Waals surface area contributed by atoms with E-state index < -0.39 is 27.8 Å². The predicted octanol–water partition coefficient (Wildman–Crippen LogP) is 3.94. The van der Waals surface area contributed by atoms with Crippen LogP contribution in [-0.4, -0.2) is 36.8 Å². The Morgan fingerprint density at radius 2 is 1.83 bits per heavy atom. The van der Waals surface area contributed by atoms with E-state index in [4.69, 9.17) is 16.0 Å². The molecule has 3 heterocycles. The molecular formula is C21H15BrClNO5S. The Morgan fingerprint density at radius 1 is 1.10 bits per heavy atom. The Morgan fingerprint density at radius 3 is 2.50 bits per heavy atom. The molecule has 3 aromatic rings. The summed E-state index contributed by atoms with van der Waals surface area (Å²) in [4.78, 5) is 28.3. The van der Waals surface area contributed by atoms with Gasteiger partial charge in [0, 0.05) is 15.5 Å². The van der Waals surface area contributed by atoms with Crippen molar-refractivity contribution < 1.29 is 17.6 Å². The molecule has 2 aromatic carbocycles. The summed E-state index contributed by atoms with van der Waals surface area (Å²) in [7, 11) is -3.24. The van der Waals surface area contributed by atoms with Gasteiger partial charge in [0.15, 0.2) is 15.3 Å². The quantitative estimate of drug-likeness (QED) is 0.523. The molecule has 0 N–H and O–H groups in total. The summed E-state index contributed by atoms with van der Waals surface area (Å²) in [5.41, 5.74) is 0.870. The number of sulfone groups is 1. The number of halogens is 2. The molecule has 2 aliphatic rings. The van der Waals surface area contributed by atoms with Crippen molar-refractivity contribution in [3.63, 3.8) is 0 Å². The Kier molecular flexibility index (Phi) is 4.57. The van der Waals surface area contributed by atoms with Crippen LogP contribution < -0.4 is 5.43 Å². The molecule has 154 valence electrons. The van der Waals surface area contributed by atoms with Crippen molar-refractivity contribution in [2.24, 2.45) is 0 Å². The second kappa shape index (κ2) is 6.93. The summed E-state index contributed by atoms with van der Waals surface area (Å²) in [6.07, 6.45) is 0.328. The molecule has 2 atom stereocenters. The number of rotatable bonds is 2. The van der Waals surface area contributed by atoms with E-state index in [2.05, 4.69) is 15.9 Å². The molecule has 1 aromatic heterocycles. The monoisotopic (exact) mass is 507 g/mol. The summed E-state index contributed by atoms with van der Waals surface area (Å²) in [5, 5.41) is 0.676. The standard InChI is InChI=1S/C21H15BrClNO5S/c22-12-3-1-11(2-4-12)18-17-19(25)15-9-13(23)5-6-16(15)29-20(17)21(26)24(18)14-7-8-30(27,28)10-14/h1-6,9,14,18H,7-8,10H2/t14-,18+/m1/s1. The number of carbonyl (C=O) groups excluding carboxylic acids is 1. The van der Waals surface area contributed by atoms with Gasteiger partial charge in [0.05, 0.1) is 28.5 Å². The van der Waals surface area contributed by atoms with Crippen LogP contribution in [0.15, 0.2) is 56.1 Å². The van der Waals surface area contributed by atoms with Gasteiger partial charge in [-0.05, 0) is 42.3 Å². The van der Waals surface area contributed by atoms with Gasteiger partial charge in [-0.3, -0.25) is 9.59 Å². The zero-order valence-electron chi connectivity index (χ0n) is 15.5. The second-order valence-corrected chi connectivity index (χ2v) is 11.1. The largest absolute Gasteiger partial charge is 0.450 e. The summed E-state index contributed by atoms with van der Waals surface area (Å²) >= 11 is 9.47. The normalized spacial score (nSPS) is 22.6. The van der Waals surface area contributed by atoms with Gasteiger partial charge in [-0.1, -0.05) is 39.7 Å². The maximum atomic E-state index is 13.4. The van der Waals surface area contributed by atoms with E-state index in [1.165, 1.54) is 11.0 Å². The van der Waals surface area contributed by atoms with E-state index in [9.17, 15) is 18.0 Å². The van der Waals surface area contributed by atoms with Crippen molar-refractivity contribution >= 4 is 54.2 Å². The molecule has 0 saturated carbocycles. The molecule has 1 saturated heterocycles. The SMILES string of the molecule is O=C1c2oc3ccc(Cl)cc3c(=O)c2[C@H](c2ccc(Br)cc2)N1[C@@H]1CCS(=O)(=O)C1. The molecule has 2 aliphatic heterocycles. The number of amides is 1. The van der Waals surface area contributed by atoms with Crippen molar-refractivity contribution in [1.29, 1.82) is 0 Å². The van der Waals surface area contributed by atoms with E-state index in [1.807, 2.05) is 24.3 Å². The van der Waals surface area contributed by atoms with Crippen molar-refractivity contribution in [2.75, 3.05) is 11.5 Å². The molecule has 30 heavy (non-hydrogen) atoms. The maximum Gasteiger partial charge on any atom is 0.291 e. The van der Waals surface area contributed by atoms with Crippen molar-refractivity contribution in [3.05, 3.63) is 79.1 Å². The third-order valence-electron chi connectivity index (χ3n) is 5.66. The van der Waals surface area contributed by atoms with E-state index in [-0.39, 0.29) is 39.2 Å². The number of nitrogens with zero attached hydrogens (tertiary/aromatic N) is 1. The number of hydrogen-bond acceptors (Lipinski definition) is 5. The van der Waals surface area contributed by atoms with E-state index in [1.54, 1.807) is 12.1 Å². The first-order valence-electron chi connectivity index (χ1n) is 9.30. The second-order valence-electron chi connectivity index (χ2n) is 7.54. The summed E-state index contributed by atoms with van der Waals surface area (Å²) in [6.45, 7) is 0. The minimum atomic E-state index is -3.24. The lowest BCUT2D eigenvalue weighted by molar-refractivity contribution is 0.0662. The van der Waals surface area contributed by atoms with E-state index in [0.29, 0.717) is 17.0 Å². The molecule has 5 rings (SSSR count). The molecule has 0 unspecified atom stereocenters. The van der Waals surface area contributed by atoms with Gasteiger partial charge in [0.2, 0.25) is 5.76 Å². The fourth-order valence-electron chi connectivity index (χ4n) is 4.31. The van der Waals surface area contributed by atoms with Crippen LogP contribution in [0.2, 0.25) is 5.02 Å². The lowest BCUT2D eigenvalue weighted by Gasteiger charge is -2.30. The van der Waals surface area contributed by atoms with Gasteiger partial charge in [-0.25, -0.2) is 8.42 Å². The first kappa shape index (κ1) is 19.8. The fourth-order valence-corrected chi connectivity index (χ4v) is 6.45. The molecule has 1 fully saturated rings. The lowest BCUT2D eigenvalue weighted by atomic mass is 9.97. The fraction of sp³-hybridized carbons (Fsp3) is 0.238. The number of hydrogen-bond donors (Lipinski definition) is 0. The number of carbonyl (C=O) groups is 1. The van der Waals surface area contributed by atoms with Gasteiger partial charge < -0.3 is 9.32 Å². The average Bonchev–Trinajstić information content (AvgIpc) is 3.20. The molecule has 9 heteroatoms. The van der Waals surface area contributed by atoms with Gasteiger partial charge in [0.1, 0.15) is 5.58 Å². The first-order chi connectivity index (χ1) is 14.2. The Hall–Kier alpha value is -2.16. The van der Waals surface area contributed by atoms with Crippen molar-refractivity contribution in [2.45, 2.75) is 18.5 Å². The number of fused-ring (bicyclic) bond motifs is 2. The van der Waals surface area contributed by atoms with Crippen LogP contribution in [0, 0.1) is 0 Å². The third kappa shape index (κ3) is 3.09. The lowest BCUT2D eigenvalue weighted by Crippen LogP contribution is -2.40. The van der Waals surface area contributed by atoms with Crippen LogP contribution in [0.4, 0.5) is 0 Å². The predicted molar refractivity (Wildman–Crippen MR) is 117 cm³/mol. The summed E-state index contributed by atoms with van der Waals surface area (Å²) in [6, 6.07) is 10.7. The molecule has 0 bridgehead atoms. The van der Waals surface area contributed by atoms with E-state index in [0.717, 1.165) is 4.47 Å². The van der Waals surface area contributed by atoms with Crippen LogP contribution in [0.1, 0.15) is 34.1 Å². The van der Waals surface area contributed by atoms with Gasteiger partial charge in [-0.2, -0.15) is 0 Å². The van der Waals surface area contributed by atoms with Gasteiger partial charge in [0.25, 0.3) is 5.91 Å². The minimum Gasteiger partial charge on any atom is -0.450 e. The summed E-state index contributed by atoms with van der Waals surface area (Å²) in [5.74, 6) is -0.607. The average molecular weight is 509 g/mol. The van der Waals surface area contributed by atoms with E-state index >= 15 is 0 Å². The van der Waals surface area contributed by atoms with Crippen LogP contribution >= 0.6 is 27.5 Å². The van der Waals surface area contributed by atoms with Crippen LogP contribution in [-0.2, 0) is 9.84 Å².